The maximum absolute atomic E-state index is 13.4. The third-order valence-corrected chi connectivity index (χ3v) is 12.0. The van der Waals surface area contributed by atoms with Crippen molar-refractivity contribution < 1.29 is 19.1 Å². The highest BCUT2D eigenvalue weighted by Gasteiger charge is 2.27. The number of hydrogen-bond acceptors (Lipinski definition) is 6. The number of carbonyl (C=O) groups is 2. The molecule has 0 radical (unpaired) electrons. The Morgan fingerprint density at radius 1 is 0.375 bits per heavy atom. The number of aromatic amines is 2. The Labute approximate surface area is 368 Å². The summed E-state index contributed by atoms with van der Waals surface area (Å²) in [5.74, 6) is -0.832. The molecule has 0 saturated carbocycles. The average molecular weight is 831 g/mol. The van der Waals surface area contributed by atoms with E-state index >= 15 is 0 Å². The van der Waals surface area contributed by atoms with Gasteiger partial charge < -0.3 is 19.4 Å². The second-order valence-electron chi connectivity index (χ2n) is 15.6. The number of benzene rings is 2. The first kappa shape index (κ1) is 38.3. The van der Waals surface area contributed by atoms with Crippen molar-refractivity contribution in [1.82, 2.24) is 19.9 Å². The van der Waals surface area contributed by atoms with E-state index < -0.39 is 11.9 Å². The van der Waals surface area contributed by atoms with E-state index in [1.165, 1.54) is 14.2 Å². The fourth-order valence-electron chi connectivity index (χ4n) is 9.19. The molecule has 0 atom stereocenters. The molecule has 8 nitrogen and oxygen atoms in total. The number of fused-ring (bicyclic) bond motifs is 10. The van der Waals surface area contributed by atoms with Crippen molar-refractivity contribution in [1.29, 1.82) is 0 Å². The molecule has 8 heteroatoms. The molecule has 2 aromatic carbocycles. The Balaban J connectivity index is 1.32. The van der Waals surface area contributed by atoms with Crippen molar-refractivity contribution >= 4 is 58.3 Å². The fraction of sp³-hybridized carbons (Fsp3) is 0.0357. The lowest BCUT2D eigenvalue weighted by Gasteiger charge is -2.07. The zero-order valence-corrected chi connectivity index (χ0v) is 34.8. The Hall–Kier alpha value is -8.62. The van der Waals surface area contributed by atoms with E-state index in [2.05, 4.69) is 70.7 Å². The van der Waals surface area contributed by atoms with E-state index in [4.69, 9.17) is 19.4 Å². The number of nitrogens with zero attached hydrogens (tertiary/aromatic N) is 2. The van der Waals surface area contributed by atoms with Crippen LogP contribution in [0.2, 0.25) is 0 Å². The van der Waals surface area contributed by atoms with Gasteiger partial charge in [-0.25, -0.2) is 19.6 Å². The maximum atomic E-state index is 13.4. The third-order valence-electron chi connectivity index (χ3n) is 12.0. The molecule has 306 valence electrons. The zero-order valence-electron chi connectivity index (χ0n) is 34.8. The summed E-state index contributed by atoms with van der Waals surface area (Å²) in [6.07, 6.45) is 8.20. The van der Waals surface area contributed by atoms with Crippen LogP contribution in [0.4, 0.5) is 0 Å². The number of aromatic nitrogens is 4. The summed E-state index contributed by atoms with van der Waals surface area (Å²) in [5, 5.41) is 0. The summed E-state index contributed by atoms with van der Waals surface area (Å²) >= 11 is 0. The van der Waals surface area contributed by atoms with Crippen molar-refractivity contribution in [3.63, 3.8) is 0 Å². The number of H-pyrrole nitrogens is 2. The molecule has 0 fully saturated rings. The van der Waals surface area contributed by atoms with Gasteiger partial charge in [-0.3, -0.25) is 0 Å². The van der Waals surface area contributed by atoms with Gasteiger partial charge in [0.1, 0.15) is 0 Å². The zero-order chi connectivity index (χ0) is 43.3. The van der Waals surface area contributed by atoms with Gasteiger partial charge in [-0.15, -0.1) is 0 Å². The predicted molar refractivity (Wildman–Crippen MR) is 257 cm³/mol. The molecule has 11 rings (SSSR count). The van der Waals surface area contributed by atoms with Crippen LogP contribution in [0.25, 0.3) is 113 Å². The molecular weight excluding hydrogens is 793 g/mol. The van der Waals surface area contributed by atoms with Crippen LogP contribution in [0.5, 0.6) is 0 Å². The van der Waals surface area contributed by atoms with Gasteiger partial charge >= 0.3 is 11.9 Å². The molecule has 4 aliphatic carbocycles. The summed E-state index contributed by atoms with van der Waals surface area (Å²) in [6.45, 7) is 0. The van der Waals surface area contributed by atoms with Crippen molar-refractivity contribution in [2.45, 2.75) is 0 Å². The highest BCUT2D eigenvalue weighted by atomic mass is 16.5. The van der Waals surface area contributed by atoms with E-state index in [0.717, 1.165) is 112 Å². The van der Waals surface area contributed by atoms with E-state index in [1.807, 2.05) is 121 Å². The Morgan fingerprint density at radius 2 is 0.688 bits per heavy atom. The topological polar surface area (TPSA) is 110 Å². The number of ether oxygens (including phenoxy) is 2. The largest absolute Gasteiger partial charge is 0.465 e. The fourth-order valence-corrected chi connectivity index (χ4v) is 9.19. The van der Waals surface area contributed by atoms with E-state index in [9.17, 15) is 9.59 Å². The van der Waals surface area contributed by atoms with Gasteiger partial charge in [-0.05, 0) is 105 Å². The van der Waals surface area contributed by atoms with E-state index in [0.29, 0.717) is 11.1 Å². The highest BCUT2D eigenvalue weighted by Crippen LogP contribution is 2.45. The molecule has 64 heavy (non-hydrogen) atoms. The first-order valence-electron chi connectivity index (χ1n) is 21.0. The van der Waals surface area contributed by atoms with Gasteiger partial charge in [-0.2, -0.15) is 0 Å². The Bertz CT molecular complexity index is 3270. The number of carbonyl (C=O) groups excluding carboxylic acids is 2. The predicted octanol–water partition coefficient (Wildman–Crippen LogP) is 13.1. The minimum absolute atomic E-state index is 0.416. The second-order valence-corrected chi connectivity index (χ2v) is 15.6. The van der Waals surface area contributed by atoms with E-state index in [1.54, 1.807) is 0 Å². The van der Waals surface area contributed by atoms with Crippen LogP contribution < -0.4 is 0 Å². The lowest BCUT2D eigenvalue weighted by Crippen LogP contribution is -1.99. The van der Waals surface area contributed by atoms with Crippen LogP contribution in [-0.2, 0) is 9.47 Å². The Morgan fingerprint density at radius 3 is 1.05 bits per heavy atom. The minimum Gasteiger partial charge on any atom is -0.465 e. The molecule has 5 aromatic rings. The van der Waals surface area contributed by atoms with Crippen LogP contribution in [-0.4, -0.2) is 46.1 Å². The standard InChI is InChI=1S/C56H38N4O4/c1-63-55(61)41-31-39(35-19-11-5-13-21-37(35)41)53-47-27-23-43(57-47)51(33-15-7-3-8-16-33)45-25-29-49(59-45)54(40-32-42(56(62)64-2)38-22-14-6-12-20-36(38)40)50-30-26-46(60-50)52(34-17-9-4-10-18-34)44-24-28-48(53)58-44/h3-32,57,60H,1-2H3. The normalized spacial score (nSPS) is 11.9. The van der Waals surface area contributed by atoms with E-state index in [-0.39, 0.29) is 0 Å². The number of rotatable bonds is 6. The molecule has 5 heterocycles. The van der Waals surface area contributed by atoms with Crippen LogP contribution >= 0.6 is 0 Å². The maximum Gasteiger partial charge on any atom is 0.338 e. The first-order chi connectivity index (χ1) is 31.5. The molecule has 2 N–H and O–H groups in total. The summed E-state index contributed by atoms with van der Waals surface area (Å²) in [4.78, 5) is 45.3. The van der Waals surface area contributed by atoms with Crippen molar-refractivity contribution in [2.24, 2.45) is 0 Å². The number of nitrogens with one attached hydrogen (secondary N) is 2. The van der Waals surface area contributed by atoms with Crippen molar-refractivity contribution in [2.75, 3.05) is 14.2 Å². The molecule has 0 spiro atoms. The van der Waals surface area contributed by atoms with Crippen LogP contribution in [0, 0.1) is 0 Å². The first-order valence-corrected chi connectivity index (χ1v) is 21.0. The van der Waals surface area contributed by atoms with Crippen LogP contribution in [0.15, 0.2) is 158 Å². The minimum atomic E-state index is -0.416. The number of esters is 2. The lowest BCUT2D eigenvalue weighted by molar-refractivity contribution is 0.0593. The Kier molecular flexibility index (Phi) is 9.39. The molecule has 0 unspecified atom stereocenters. The average Bonchev–Trinajstić information content (AvgIpc) is 4.21. The molecule has 3 aromatic heterocycles. The van der Waals surface area contributed by atoms with Gasteiger partial charge in [0.05, 0.1) is 48.1 Å². The summed E-state index contributed by atoms with van der Waals surface area (Å²) in [7, 11) is 2.82. The third kappa shape index (κ3) is 6.39. The SMILES string of the molecule is COC(=O)c1cc(-c2c3nc(c(-c4ccccc4)c4ccc([nH]4)c(-c4cc(C(=O)OC)c5cccccc4-5)c4nc(c(-c5ccccc5)c5ccc2[nH]5)C=C4)C=C3)c2cccccc1-2. The van der Waals surface area contributed by atoms with Crippen LogP contribution in [0.1, 0.15) is 43.5 Å². The molecule has 6 aliphatic rings. The van der Waals surface area contributed by atoms with Gasteiger partial charge in [0.15, 0.2) is 0 Å². The molecule has 0 saturated heterocycles. The van der Waals surface area contributed by atoms with Gasteiger partial charge in [-0.1, -0.05) is 121 Å². The summed E-state index contributed by atoms with van der Waals surface area (Å²) < 4.78 is 10.6. The number of hydrogen-bond donors (Lipinski definition) is 2. The van der Waals surface area contributed by atoms with Crippen molar-refractivity contribution in [3.05, 3.63) is 192 Å². The molecule has 2 aliphatic heterocycles. The second kappa shape index (κ2) is 15.7. The summed E-state index contributed by atoms with van der Waals surface area (Å²) in [6, 6.07) is 52.3. The molecular formula is C56H38N4O4. The molecule has 8 bridgehead atoms. The molecule has 0 amide bonds. The monoisotopic (exact) mass is 830 g/mol. The summed E-state index contributed by atoms with van der Waals surface area (Å²) in [5.41, 5.74) is 17.6. The quantitative estimate of drug-likeness (QED) is 0.162. The smallest absolute Gasteiger partial charge is 0.338 e. The highest BCUT2D eigenvalue weighted by molar-refractivity contribution is 6.10. The van der Waals surface area contributed by atoms with Crippen LogP contribution in [0.3, 0.4) is 0 Å². The van der Waals surface area contributed by atoms with Crippen molar-refractivity contribution in [3.8, 4) is 66.8 Å². The number of methoxy groups -OCH3 is 2. The van der Waals surface area contributed by atoms with Gasteiger partial charge in [0.25, 0.3) is 0 Å². The van der Waals surface area contributed by atoms with Gasteiger partial charge in [0.2, 0.25) is 0 Å². The van der Waals surface area contributed by atoms with Gasteiger partial charge in [0, 0.05) is 44.3 Å². The lowest BCUT2D eigenvalue weighted by atomic mass is 10.0.